The molecule has 0 saturated carbocycles. The van der Waals surface area contributed by atoms with Gasteiger partial charge in [0.05, 0.1) is 6.20 Å². The molecule has 2 aromatic rings. The van der Waals surface area contributed by atoms with Gasteiger partial charge in [-0.1, -0.05) is 0 Å². The van der Waals surface area contributed by atoms with Crippen molar-refractivity contribution in [3.63, 3.8) is 0 Å². The van der Waals surface area contributed by atoms with Crippen molar-refractivity contribution >= 4 is 0 Å². The molecule has 0 aromatic carbocycles. The van der Waals surface area contributed by atoms with Gasteiger partial charge in [-0.05, 0) is 43.5 Å². The predicted molar refractivity (Wildman–Crippen MR) is 60.6 cm³/mol. The van der Waals surface area contributed by atoms with E-state index >= 15 is 0 Å². The first kappa shape index (κ1) is 11.4. The van der Waals surface area contributed by atoms with Crippen LogP contribution < -0.4 is 6.15 Å². The quantitative estimate of drug-likeness (QED) is 0.775. The molecule has 0 unspecified atom stereocenters. The third-order valence-corrected chi connectivity index (χ3v) is 2.38. The molecule has 2 rings (SSSR count). The van der Waals surface area contributed by atoms with Crippen LogP contribution in [-0.4, -0.2) is 14.8 Å². The van der Waals surface area contributed by atoms with Gasteiger partial charge in [0.1, 0.15) is 0 Å². The Kier molecular flexibility index (Phi) is 3.21. The molecule has 4 heteroatoms. The number of aryl methyl sites for hydroxylation is 2. The van der Waals surface area contributed by atoms with E-state index in [4.69, 9.17) is 0 Å². The predicted octanol–water partition coefficient (Wildman–Crippen LogP) is 2.35. The van der Waals surface area contributed by atoms with Crippen molar-refractivity contribution < 1.29 is 0 Å². The maximum Gasteiger partial charge on any atom is 0.156 e. The summed E-state index contributed by atoms with van der Waals surface area (Å²) in [7, 11) is 0. The average molecular weight is 204 g/mol. The summed E-state index contributed by atoms with van der Waals surface area (Å²) < 4.78 is 1.82. The Morgan fingerprint density at radius 3 is 2.53 bits per heavy atom. The van der Waals surface area contributed by atoms with E-state index in [0.29, 0.717) is 0 Å². The molecule has 4 nitrogen and oxygen atoms in total. The molecule has 0 saturated heterocycles. The number of rotatable bonds is 1. The summed E-state index contributed by atoms with van der Waals surface area (Å²) in [4.78, 5) is 4.32. The summed E-state index contributed by atoms with van der Waals surface area (Å²) in [6, 6.07) is 2.01. The molecule has 2 aromatic heterocycles. The molecule has 0 aliphatic rings. The lowest BCUT2D eigenvalue weighted by atomic mass is 10.2. The van der Waals surface area contributed by atoms with Crippen LogP contribution in [0.4, 0.5) is 0 Å². The maximum atomic E-state index is 4.32. The molecule has 15 heavy (non-hydrogen) atoms. The second-order valence-corrected chi connectivity index (χ2v) is 3.54. The Morgan fingerprint density at radius 1 is 1.20 bits per heavy atom. The smallest absolute Gasteiger partial charge is 0.156 e. The average Bonchev–Trinajstić information content (AvgIpc) is 2.57. The fraction of sp³-hybridized carbons (Fsp3) is 0.273. The first-order valence-corrected chi connectivity index (χ1v) is 4.62. The molecule has 0 amide bonds. The summed E-state index contributed by atoms with van der Waals surface area (Å²) in [6.07, 6.45) is 5.63. The van der Waals surface area contributed by atoms with Gasteiger partial charge in [-0.25, -0.2) is 9.67 Å². The molecule has 0 aliphatic carbocycles. The van der Waals surface area contributed by atoms with E-state index < -0.39 is 0 Å². The van der Waals surface area contributed by atoms with Crippen LogP contribution in [0.25, 0.3) is 5.82 Å². The lowest BCUT2D eigenvalue weighted by Gasteiger charge is -2.06. The molecule has 0 radical (unpaired) electrons. The van der Waals surface area contributed by atoms with Gasteiger partial charge >= 0.3 is 0 Å². The highest BCUT2D eigenvalue weighted by molar-refractivity contribution is 5.37. The molecule has 3 N–H and O–H groups in total. The number of pyridine rings is 1. The Bertz CT molecular complexity index is 459. The topological polar surface area (TPSA) is 65.7 Å². The van der Waals surface area contributed by atoms with Crippen LogP contribution in [0.1, 0.15) is 16.7 Å². The highest BCUT2D eigenvalue weighted by Crippen LogP contribution is 2.13. The van der Waals surface area contributed by atoms with Gasteiger partial charge in [0, 0.05) is 12.4 Å². The van der Waals surface area contributed by atoms with Crippen LogP contribution >= 0.6 is 0 Å². The molecule has 0 atom stereocenters. The lowest BCUT2D eigenvalue weighted by molar-refractivity contribution is 0.835. The van der Waals surface area contributed by atoms with Gasteiger partial charge < -0.3 is 6.15 Å². The van der Waals surface area contributed by atoms with Crippen LogP contribution in [0.5, 0.6) is 0 Å². The van der Waals surface area contributed by atoms with Crippen LogP contribution in [0, 0.1) is 20.8 Å². The maximum absolute atomic E-state index is 4.32. The second kappa shape index (κ2) is 4.23. The zero-order chi connectivity index (χ0) is 10.1. The van der Waals surface area contributed by atoms with Crippen LogP contribution in [0.15, 0.2) is 24.7 Å². The number of hydrogen-bond acceptors (Lipinski definition) is 3. The number of hydrogen-bond donors (Lipinski definition) is 1. The largest absolute Gasteiger partial charge is 0.344 e. The summed E-state index contributed by atoms with van der Waals surface area (Å²) in [5.41, 5.74) is 3.56. The summed E-state index contributed by atoms with van der Waals surface area (Å²) in [6.45, 7) is 6.17. The SMILES string of the molecule is Cc1cnn(-c2nccc(C)c2C)c1.N. The minimum atomic E-state index is 0. The van der Waals surface area contributed by atoms with Gasteiger partial charge in [0.15, 0.2) is 5.82 Å². The molecule has 0 bridgehead atoms. The third-order valence-electron chi connectivity index (χ3n) is 2.38. The molecule has 2 heterocycles. The highest BCUT2D eigenvalue weighted by atomic mass is 15.3. The normalized spacial score (nSPS) is 9.80. The minimum Gasteiger partial charge on any atom is -0.344 e. The first-order valence-electron chi connectivity index (χ1n) is 4.62. The van der Waals surface area contributed by atoms with E-state index in [1.807, 2.05) is 36.3 Å². The van der Waals surface area contributed by atoms with Gasteiger partial charge in [0.25, 0.3) is 0 Å². The van der Waals surface area contributed by atoms with Crippen molar-refractivity contribution in [3.8, 4) is 5.82 Å². The number of nitrogens with zero attached hydrogens (tertiary/aromatic N) is 3. The van der Waals surface area contributed by atoms with Crippen molar-refractivity contribution in [1.29, 1.82) is 0 Å². The minimum absolute atomic E-state index is 0. The Hall–Kier alpha value is -1.68. The van der Waals surface area contributed by atoms with Gasteiger partial charge in [-0.15, -0.1) is 0 Å². The fourth-order valence-corrected chi connectivity index (χ4v) is 1.38. The molecule has 80 valence electrons. The molecular weight excluding hydrogens is 188 g/mol. The highest BCUT2D eigenvalue weighted by Gasteiger charge is 2.04. The first-order chi connectivity index (χ1) is 6.68. The van der Waals surface area contributed by atoms with Crippen LogP contribution in [0.2, 0.25) is 0 Å². The zero-order valence-corrected chi connectivity index (χ0v) is 9.36. The monoisotopic (exact) mass is 204 g/mol. The zero-order valence-electron chi connectivity index (χ0n) is 9.36. The summed E-state index contributed by atoms with van der Waals surface area (Å²) in [5.74, 6) is 0.915. The third kappa shape index (κ3) is 2.05. The van der Waals surface area contributed by atoms with Crippen molar-refractivity contribution in [1.82, 2.24) is 20.9 Å². The molecule has 0 fully saturated rings. The van der Waals surface area contributed by atoms with E-state index in [1.165, 1.54) is 11.1 Å². The van der Waals surface area contributed by atoms with E-state index in [2.05, 4.69) is 23.9 Å². The second-order valence-electron chi connectivity index (χ2n) is 3.54. The van der Waals surface area contributed by atoms with Crippen LogP contribution in [-0.2, 0) is 0 Å². The summed E-state index contributed by atoms with van der Waals surface area (Å²) in [5, 5.41) is 4.24. The van der Waals surface area contributed by atoms with Gasteiger partial charge in [-0.2, -0.15) is 5.10 Å². The van der Waals surface area contributed by atoms with Crippen molar-refractivity contribution in [2.24, 2.45) is 0 Å². The molecular formula is C11H16N4. The van der Waals surface area contributed by atoms with Crippen molar-refractivity contribution in [2.75, 3.05) is 0 Å². The van der Waals surface area contributed by atoms with E-state index in [9.17, 15) is 0 Å². The van der Waals surface area contributed by atoms with E-state index in [-0.39, 0.29) is 6.15 Å². The summed E-state index contributed by atoms with van der Waals surface area (Å²) >= 11 is 0. The van der Waals surface area contributed by atoms with Crippen molar-refractivity contribution in [3.05, 3.63) is 41.3 Å². The number of aromatic nitrogens is 3. The molecule has 0 spiro atoms. The van der Waals surface area contributed by atoms with Gasteiger partial charge in [-0.3, -0.25) is 0 Å². The Labute approximate surface area is 89.5 Å². The van der Waals surface area contributed by atoms with Crippen LogP contribution in [0.3, 0.4) is 0 Å². The Balaban J connectivity index is 0.00000112. The van der Waals surface area contributed by atoms with E-state index in [1.54, 1.807) is 0 Å². The molecule has 0 aliphatic heterocycles. The van der Waals surface area contributed by atoms with E-state index in [0.717, 1.165) is 11.4 Å². The van der Waals surface area contributed by atoms with Crippen molar-refractivity contribution in [2.45, 2.75) is 20.8 Å². The lowest BCUT2D eigenvalue weighted by Crippen LogP contribution is -2.01. The Morgan fingerprint density at radius 2 is 1.93 bits per heavy atom. The standard InChI is InChI=1S/C11H13N3.H3N/c1-8-6-13-14(7-8)11-10(3)9(2)4-5-12-11;/h4-7H,1-3H3;1H3. The fourth-order valence-electron chi connectivity index (χ4n) is 1.38. The van der Waals surface area contributed by atoms with Gasteiger partial charge in [0.2, 0.25) is 0 Å².